The Balaban J connectivity index is 1.94. The van der Waals surface area contributed by atoms with Gasteiger partial charge in [-0.1, -0.05) is 29.8 Å². The Morgan fingerprint density at radius 3 is 2.58 bits per heavy atom. The summed E-state index contributed by atoms with van der Waals surface area (Å²) < 4.78 is 5.62. The SMILES string of the molecule is CC(=O)Nc1ccc(COc2cccc(Cl)c2)cc1. The van der Waals surface area contributed by atoms with Gasteiger partial charge in [-0.2, -0.15) is 0 Å². The quantitative estimate of drug-likeness (QED) is 0.920. The minimum Gasteiger partial charge on any atom is -0.489 e. The maximum absolute atomic E-state index is 10.9. The molecule has 0 saturated heterocycles. The first-order valence-electron chi connectivity index (χ1n) is 5.88. The third-order valence-corrected chi connectivity index (χ3v) is 2.71. The molecule has 0 spiro atoms. The predicted molar refractivity (Wildman–Crippen MR) is 76.5 cm³/mol. The number of carbonyl (C=O) groups excluding carboxylic acids is 1. The van der Waals surface area contributed by atoms with Gasteiger partial charge in [0.1, 0.15) is 12.4 Å². The van der Waals surface area contributed by atoms with E-state index in [9.17, 15) is 4.79 Å². The second-order valence-corrected chi connectivity index (χ2v) is 4.56. The van der Waals surface area contributed by atoms with Crippen molar-refractivity contribution in [2.24, 2.45) is 0 Å². The molecule has 0 fully saturated rings. The highest BCUT2D eigenvalue weighted by Gasteiger charge is 1.99. The molecule has 0 aliphatic heterocycles. The van der Waals surface area contributed by atoms with Gasteiger partial charge in [0.2, 0.25) is 5.91 Å². The van der Waals surface area contributed by atoms with Gasteiger partial charge < -0.3 is 10.1 Å². The third kappa shape index (κ3) is 4.30. The molecule has 0 aliphatic rings. The van der Waals surface area contributed by atoms with E-state index in [2.05, 4.69) is 5.32 Å². The molecule has 0 aliphatic carbocycles. The van der Waals surface area contributed by atoms with Crippen molar-refractivity contribution in [1.29, 1.82) is 0 Å². The van der Waals surface area contributed by atoms with Gasteiger partial charge in [0.15, 0.2) is 0 Å². The van der Waals surface area contributed by atoms with E-state index in [1.807, 2.05) is 36.4 Å². The molecule has 0 saturated carbocycles. The molecular weight excluding hydrogens is 262 g/mol. The number of rotatable bonds is 4. The topological polar surface area (TPSA) is 38.3 Å². The fourth-order valence-electron chi connectivity index (χ4n) is 1.61. The molecule has 3 nitrogen and oxygen atoms in total. The monoisotopic (exact) mass is 275 g/mol. The van der Waals surface area contributed by atoms with Crippen LogP contribution in [0.1, 0.15) is 12.5 Å². The lowest BCUT2D eigenvalue weighted by molar-refractivity contribution is -0.114. The number of nitrogens with one attached hydrogen (secondary N) is 1. The number of anilines is 1. The Kier molecular flexibility index (Phi) is 4.42. The van der Waals surface area contributed by atoms with Crippen LogP contribution < -0.4 is 10.1 Å². The van der Waals surface area contributed by atoms with Crippen LogP contribution in [0.5, 0.6) is 5.75 Å². The Morgan fingerprint density at radius 1 is 1.21 bits per heavy atom. The number of carbonyl (C=O) groups is 1. The molecule has 1 N–H and O–H groups in total. The zero-order valence-corrected chi connectivity index (χ0v) is 11.3. The average Bonchev–Trinajstić information content (AvgIpc) is 2.37. The molecular formula is C15H14ClNO2. The predicted octanol–water partition coefficient (Wildman–Crippen LogP) is 3.88. The van der Waals surface area contributed by atoms with Crippen molar-refractivity contribution < 1.29 is 9.53 Å². The van der Waals surface area contributed by atoms with Crippen LogP contribution in [0, 0.1) is 0 Å². The second-order valence-electron chi connectivity index (χ2n) is 4.12. The van der Waals surface area contributed by atoms with Gasteiger partial charge in [0.25, 0.3) is 0 Å². The lowest BCUT2D eigenvalue weighted by atomic mass is 10.2. The van der Waals surface area contributed by atoms with E-state index in [0.29, 0.717) is 11.6 Å². The summed E-state index contributed by atoms with van der Waals surface area (Å²) in [6.45, 7) is 1.94. The summed E-state index contributed by atoms with van der Waals surface area (Å²) in [6, 6.07) is 14.8. The number of benzene rings is 2. The fourth-order valence-corrected chi connectivity index (χ4v) is 1.79. The van der Waals surface area contributed by atoms with Crippen molar-refractivity contribution >= 4 is 23.2 Å². The molecule has 2 aromatic rings. The van der Waals surface area contributed by atoms with Crippen molar-refractivity contribution in [3.8, 4) is 5.75 Å². The highest BCUT2D eigenvalue weighted by molar-refractivity contribution is 6.30. The molecule has 0 unspecified atom stereocenters. The van der Waals surface area contributed by atoms with Crippen LogP contribution in [-0.2, 0) is 11.4 Å². The Labute approximate surface area is 117 Å². The van der Waals surface area contributed by atoms with E-state index in [0.717, 1.165) is 17.0 Å². The molecule has 0 heterocycles. The lowest BCUT2D eigenvalue weighted by Gasteiger charge is -2.07. The van der Waals surface area contributed by atoms with Crippen molar-refractivity contribution in [2.75, 3.05) is 5.32 Å². The summed E-state index contributed by atoms with van der Waals surface area (Å²) in [5, 5.41) is 3.37. The van der Waals surface area contributed by atoms with Gasteiger partial charge in [0, 0.05) is 17.6 Å². The first-order valence-corrected chi connectivity index (χ1v) is 6.26. The van der Waals surface area contributed by atoms with Crippen LogP contribution in [0.15, 0.2) is 48.5 Å². The normalized spacial score (nSPS) is 10.0. The van der Waals surface area contributed by atoms with Crippen LogP contribution in [0.25, 0.3) is 0 Å². The molecule has 0 radical (unpaired) electrons. The zero-order valence-electron chi connectivity index (χ0n) is 10.5. The Bertz CT molecular complexity index is 567. The number of hydrogen-bond donors (Lipinski definition) is 1. The second kappa shape index (κ2) is 6.25. The number of amides is 1. The lowest BCUT2D eigenvalue weighted by Crippen LogP contribution is -2.05. The van der Waals surface area contributed by atoms with Crippen LogP contribution >= 0.6 is 11.6 Å². The first-order chi connectivity index (χ1) is 9.13. The van der Waals surface area contributed by atoms with E-state index in [1.165, 1.54) is 6.92 Å². The van der Waals surface area contributed by atoms with E-state index < -0.39 is 0 Å². The zero-order chi connectivity index (χ0) is 13.7. The number of halogens is 1. The van der Waals surface area contributed by atoms with Crippen LogP contribution in [-0.4, -0.2) is 5.91 Å². The Morgan fingerprint density at radius 2 is 1.95 bits per heavy atom. The van der Waals surface area contributed by atoms with Crippen LogP contribution in [0.2, 0.25) is 5.02 Å². The van der Waals surface area contributed by atoms with E-state index >= 15 is 0 Å². The molecule has 4 heteroatoms. The van der Waals surface area contributed by atoms with E-state index in [4.69, 9.17) is 16.3 Å². The number of ether oxygens (including phenoxy) is 1. The van der Waals surface area contributed by atoms with Gasteiger partial charge in [-0.25, -0.2) is 0 Å². The molecule has 2 aromatic carbocycles. The maximum Gasteiger partial charge on any atom is 0.221 e. The highest BCUT2D eigenvalue weighted by atomic mass is 35.5. The summed E-state index contributed by atoms with van der Waals surface area (Å²) >= 11 is 5.88. The maximum atomic E-state index is 10.9. The summed E-state index contributed by atoms with van der Waals surface area (Å²) in [5.74, 6) is 0.654. The van der Waals surface area contributed by atoms with E-state index in [-0.39, 0.29) is 5.91 Å². The van der Waals surface area contributed by atoms with Crippen molar-refractivity contribution in [3.05, 3.63) is 59.1 Å². The molecule has 98 valence electrons. The third-order valence-electron chi connectivity index (χ3n) is 2.48. The molecule has 1 amide bonds. The van der Waals surface area contributed by atoms with Crippen molar-refractivity contribution in [2.45, 2.75) is 13.5 Å². The van der Waals surface area contributed by atoms with Gasteiger partial charge in [0.05, 0.1) is 0 Å². The molecule has 0 aromatic heterocycles. The summed E-state index contributed by atoms with van der Waals surface area (Å²) in [5.41, 5.74) is 1.80. The van der Waals surface area contributed by atoms with Crippen molar-refractivity contribution in [1.82, 2.24) is 0 Å². The van der Waals surface area contributed by atoms with Crippen molar-refractivity contribution in [3.63, 3.8) is 0 Å². The number of hydrogen-bond acceptors (Lipinski definition) is 2. The molecule has 0 atom stereocenters. The Hall–Kier alpha value is -2.00. The first kappa shape index (κ1) is 13.4. The van der Waals surface area contributed by atoms with Gasteiger partial charge in [-0.05, 0) is 35.9 Å². The summed E-state index contributed by atoms with van der Waals surface area (Å²) in [4.78, 5) is 10.9. The minimum absolute atomic E-state index is 0.0806. The molecule has 2 rings (SSSR count). The van der Waals surface area contributed by atoms with Crippen LogP contribution in [0.3, 0.4) is 0 Å². The minimum atomic E-state index is -0.0806. The molecule has 19 heavy (non-hydrogen) atoms. The van der Waals surface area contributed by atoms with E-state index in [1.54, 1.807) is 12.1 Å². The standard InChI is InChI=1S/C15H14ClNO2/c1-11(18)17-14-7-5-12(6-8-14)10-19-15-4-2-3-13(16)9-15/h2-9H,10H2,1H3,(H,17,18). The summed E-state index contributed by atoms with van der Waals surface area (Å²) in [6.07, 6.45) is 0. The van der Waals surface area contributed by atoms with Gasteiger partial charge >= 0.3 is 0 Å². The smallest absolute Gasteiger partial charge is 0.221 e. The summed E-state index contributed by atoms with van der Waals surface area (Å²) in [7, 11) is 0. The van der Waals surface area contributed by atoms with Gasteiger partial charge in [-0.3, -0.25) is 4.79 Å². The van der Waals surface area contributed by atoms with Crippen LogP contribution in [0.4, 0.5) is 5.69 Å². The molecule has 0 bridgehead atoms. The average molecular weight is 276 g/mol. The highest BCUT2D eigenvalue weighted by Crippen LogP contribution is 2.18. The largest absolute Gasteiger partial charge is 0.489 e. The van der Waals surface area contributed by atoms with Gasteiger partial charge in [-0.15, -0.1) is 0 Å². The fraction of sp³-hybridized carbons (Fsp3) is 0.133.